The molecule has 94 valence electrons. The average Bonchev–Trinajstić information content (AvgIpc) is 2.36. The lowest BCUT2D eigenvalue weighted by Crippen LogP contribution is -2.20. The Morgan fingerprint density at radius 3 is 2.61 bits per heavy atom. The summed E-state index contributed by atoms with van der Waals surface area (Å²) >= 11 is 5.64. The predicted molar refractivity (Wildman–Crippen MR) is 66.1 cm³/mol. The standard InChI is InChI=1S/C12H10ClF2N3/c1-2-18(10-6-4-3-5-8(10)14)11-9(15)7-16-12(13)17-11/h3-7H,2H2,1H3. The van der Waals surface area contributed by atoms with E-state index in [1.165, 1.54) is 11.0 Å². The third kappa shape index (κ3) is 2.41. The molecular weight excluding hydrogens is 260 g/mol. The van der Waals surface area contributed by atoms with Gasteiger partial charge in [-0.2, -0.15) is 4.98 Å². The molecule has 0 amide bonds. The van der Waals surface area contributed by atoms with Crippen LogP contribution in [0.5, 0.6) is 0 Å². The highest BCUT2D eigenvalue weighted by atomic mass is 35.5. The number of benzene rings is 1. The van der Waals surface area contributed by atoms with E-state index in [4.69, 9.17) is 11.6 Å². The van der Waals surface area contributed by atoms with E-state index in [9.17, 15) is 8.78 Å². The highest BCUT2D eigenvalue weighted by Crippen LogP contribution is 2.28. The van der Waals surface area contributed by atoms with Crippen LogP contribution in [-0.2, 0) is 0 Å². The van der Waals surface area contributed by atoms with E-state index in [2.05, 4.69) is 9.97 Å². The lowest BCUT2D eigenvalue weighted by atomic mass is 10.2. The fraction of sp³-hybridized carbons (Fsp3) is 0.167. The van der Waals surface area contributed by atoms with E-state index in [1.807, 2.05) is 0 Å². The van der Waals surface area contributed by atoms with E-state index >= 15 is 0 Å². The summed E-state index contributed by atoms with van der Waals surface area (Å²) in [6.07, 6.45) is 0.966. The summed E-state index contributed by atoms with van der Waals surface area (Å²) in [6, 6.07) is 6.09. The van der Waals surface area contributed by atoms with Crippen LogP contribution in [0, 0.1) is 11.6 Å². The second-order valence-corrected chi connectivity index (χ2v) is 3.84. The molecule has 0 aliphatic carbocycles. The summed E-state index contributed by atoms with van der Waals surface area (Å²) in [5.74, 6) is -1.14. The Balaban J connectivity index is 2.52. The van der Waals surface area contributed by atoms with Crippen molar-refractivity contribution in [2.75, 3.05) is 11.4 Å². The van der Waals surface area contributed by atoms with Crippen LogP contribution in [0.15, 0.2) is 30.5 Å². The molecule has 1 heterocycles. The number of nitrogens with zero attached hydrogens (tertiary/aromatic N) is 3. The number of hydrogen-bond acceptors (Lipinski definition) is 3. The lowest BCUT2D eigenvalue weighted by molar-refractivity contribution is 0.603. The molecule has 0 N–H and O–H groups in total. The third-order valence-electron chi connectivity index (χ3n) is 2.41. The van der Waals surface area contributed by atoms with E-state index in [0.29, 0.717) is 6.54 Å². The van der Waals surface area contributed by atoms with Crippen molar-refractivity contribution in [3.63, 3.8) is 0 Å². The fourth-order valence-corrected chi connectivity index (χ4v) is 1.76. The number of halogens is 3. The Hall–Kier alpha value is -1.75. The number of anilines is 2. The second kappa shape index (κ2) is 5.27. The second-order valence-electron chi connectivity index (χ2n) is 3.51. The largest absolute Gasteiger partial charge is 0.322 e. The fourth-order valence-electron chi connectivity index (χ4n) is 1.63. The van der Waals surface area contributed by atoms with Crippen LogP contribution in [0.4, 0.5) is 20.3 Å². The summed E-state index contributed by atoms with van der Waals surface area (Å²) in [5, 5.41) is -0.0822. The van der Waals surface area contributed by atoms with Gasteiger partial charge in [0, 0.05) is 6.54 Å². The zero-order valence-electron chi connectivity index (χ0n) is 9.57. The first-order valence-corrected chi connectivity index (χ1v) is 5.71. The van der Waals surface area contributed by atoms with Gasteiger partial charge in [-0.15, -0.1) is 0 Å². The molecule has 0 unspecified atom stereocenters. The van der Waals surface area contributed by atoms with E-state index in [1.54, 1.807) is 25.1 Å². The van der Waals surface area contributed by atoms with Crippen molar-refractivity contribution in [3.05, 3.63) is 47.4 Å². The van der Waals surface area contributed by atoms with Gasteiger partial charge in [0.05, 0.1) is 11.9 Å². The van der Waals surface area contributed by atoms with Gasteiger partial charge in [0.25, 0.3) is 0 Å². The first kappa shape index (κ1) is 12.7. The van der Waals surface area contributed by atoms with Gasteiger partial charge < -0.3 is 4.90 Å². The molecule has 3 nitrogen and oxygen atoms in total. The maximum Gasteiger partial charge on any atom is 0.224 e. The van der Waals surface area contributed by atoms with Crippen molar-refractivity contribution in [3.8, 4) is 0 Å². The van der Waals surface area contributed by atoms with Crippen LogP contribution < -0.4 is 4.90 Å². The highest BCUT2D eigenvalue weighted by molar-refractivity contribution is 6.28. The zero-order chi connectivity index (χ0) is 13.1. The van der Waals surface area contributed by atoms with Crippen LogP contribution in [-0.4, -0.2) is 16.5 Å². The normalized spacial score (nSPS) is 10.4. The monoisotopic (exact) mass is 269 g/mol. The maximum absolute atomic E-state index is 13.7. The molecule has 0 saturated heterocycles. The molecule has 0 radical (unpaired) electrons. The Kier molecular flexibility index (Phi) is 3.72. The number of hydrogen-bond donors (Lipinski definition) is 0. The van der Waals surface area contributed by atoms with Crippen LogP contribution in [0.1, 0.15) is 6.92 Å². The Labute approximate surface area is 108 Å². The van der Waals surface area contributed by atoms with Gasteiger partial charge >= 0.3 is 0 Å². The molecule has 18 heavy (non-hydrogen) atoms. The summed E-state index contributed by atoms with van der Waals surface area (Å²) in [4.78, 5) is 8.73. The van der Waals surface area contributed by atoms with E-state index in [0.717, 1.165) is 6.20 Å². The maximum atomic E-state index is 13.7. The van der Waals surface area contributed by atoms with Gasteiger partial charge in [-0.1, -0.05) is 12.1 Å². The lowest BCUT2D eigenvalue weighted by Gasteiger charge is -2.22. The van der Waals surface area contributed by atoms with Crippen molar-refractivity contribution >= 4 is 23.1 Å². The molecule has 0 aliphatic rings. The summed E-state index contributed by atoms with van der Waals surface area (Å²) < 4.78 is 27.4. The highest BCUT2D eigenvalue weighted by Gasteiger charge is 2.17. The number of aromatic nitrogens is 2. The minimum Gasteiger partial charge on any atom is -0.322 e. The van der Waals surface area contributed by atoms with Gasteiger partial charge in [-0.25, -0.2) is 13.8 Å². The van der Waals surface area contributed by atoms with Crippen LogP contribution in [0.3, 0.4) is 0 Å². The minimum atomic E-state index is -0.649. The first-order chi connectivity index (χ1) is 8.63. The van der Waals surface area contributed by atoms with Gasteiger partial charge in [0.2, 0.25) is 5.28 Å². The predicted octanol–water partition coefficient (Wildman–Crippen LogP) is 3.57. The van der Waals surface area contributed by atoms with Crippen molar-refractivity contribution in [2.45, 2.75) is 6.92 Å². The number of para-hydroxylation sites is 1. The summed E-state index contributed by atoms with van der Waals surface area (Å²) in [7, 11) is 0. The molecule has 2 aromatic rings. The quantitative estimate of drug-likeness (QED) is 0.798. The van der Waals surface area contributed by atoms with Crippen molar-refractivity contribution < 1.29 is 8.78 Å². The summed E-state index contributed by atoms with van der Waals surface area (Å²) in [6.45, 7) is 2.12. The minimum absolute atomic E-state index is 0.0393. The average molecular weight is 270 g/mol. The van der Waals surface area contributed by atoms with Gasteiger partial charge in [0.1, 0.15) is 5.82 Å². The van der Waals surface area contributed by atoms with Gasteiger partial charge in [-0.05, 0) is 30.7 Å². The van der Waals surface area contributed by atoms with Crippen molar-refractivity contribution in [2.24, 2.45) is 0 Å². The molecule has 0 aliphatic heterocycles. The van der Waals surface area contributed by atoms with Gasteiger partial charge in [-0.3, -0.25) is 0 Å². The molecule has 0 atom stereocenters. The van der Waals surface area contributed by atoms with Gasteiger partial charge in [0.15, 0.2) is 11.6 Å². The van der Waals surface area contributed by atoms with Crippen LogP contribution in [0.25, 0.3) is 0 Å². The molecular formula is C12H10ClF2N3. The molecule has 0 fully saturated rings. The molecule has 1 aromatic carbocycles. The first-order valence-electron chi connectivity index (χ1n) is 5.33. The van der Waals surface area contributed by atoms with Crippen molar-refractivity contribution in [1.29, 1.82) is 0 Å². The molecule has 6 heteroatoms. The summed E-state index contributed by atoms with van der Waals surface area (Å²) in [5.41, 5.74) is 0.244. The Morgan fingerprint density at radius 1 is 1.22 bits per heavy atom. The molecule has 0 spiro atoms. The third-order valence-corrected chi connectivity index (χ3v) is 2.59. The molecule has 1 aromatic heterocycles. The number of rotatable bonds is 3. The van der Waals surface area contributed by atoms with Crippen LogP contribution in [0.2, 0.25) is 5.28 Å². The van der Waals surface area contributed by atoms with Crippen molar-refractivity contribution in [1.82, 2.24) is 9.97 Å². The molecule has 0 saturated carbocycles. The molecule has 2 rings (SSSR count). The Morgan fingerprint density at radius 2 is 1.94 bits per heavy atom. The topological polar surface area (TPSA) is 29.0 Å². The Bertz CT molecular complexity index is 563. The smallest absolute Gasteiger partial charge is 0.224 e. The zero-order valence-corrected chi connectivity index (χ0v) is 10.3. The SMILES string of the molecule is CCN(c1ccccc1F)c1nc(Cl)ncc1F. The molecule has 0 bridgehead atoms. The van der Waals surface area contributed by atoms with E-state index < -0.39 is 11.6 Å². The van der Waals surface area contributed by atoms with E-state index in [-0.39, 0.29) is 16.8 Å². The van der Waals surface area contributed by atoms with Crippen LogP contribution >= 0.6 is 11.6 Å².